The second-order valence-corrected chi connectivity index (χ2v) is 5.94. The molecule has 2 rings (SSSR count). The molecule has 1 heterocycles. The van der Waals surface area contributed by atoms with Gasteiger partial charge in [0.2, 0.25) is 5.91 Å². The van der Waals surface area contributed by atoms with Gasteiger partial charge in [0.15, 0.2) is 0 Å². The van der Waals surface area contributed by atoms with Crippen LogP contribution in [-0.4, -0.2) is 57.2 Å². The molecule has 0 aliphatic carbocycles. The van der Waals surface area contributed by atoms with E-state index >= 15 is 0 Å². The van der Waals surface area contributed by atoms with E-state index < -0.39 is 0 Å². The summed E-state index contributed by atoms with van der Waals surface area (Å²) in [5.41, 5.74) is 1.32. The Hall–Kier alpha value is -1.59. The maximum Gasteiger partial charge on any atom is 0.222 e. The van der Waals surface area contributed by atoms with Gasteiger partial charge in [-0.25, -0.2) is 0 Å². The summed E-state index contributed by atoms with van der Waals surface area (Å²) in [5, 5.41) is 6.86. The number of benzene rings is 1. The molecule has 0 aromatic heterocycles. The molecular formula is C18H29N3O2. The molecule has 1 aromatic carbocycles. The SMILES string of the molecule is COc1ccc(CCNCCNCCCN2CCCC2=O)cc1. The molecule has 5 heteroatoms. The summed E-state index contributed by atoms with van der Waals surface area (Å²) in [7, 11) is 1.69. The number of amides is 1. The van der Waals surface area contributed by atoms with E-state index in [2.05, 4.69) is 22.8 Å². The Bertz CT molecular complexity index is 462. The number of likely N-dealkylation sites (tertiary alicyclic amines) is 1. The van der Waals surface area contributed by atoms with Crippen molar-refractivity contribution >= 4 is 5.91 Å². The Morgan fingerprint density at radius 1 is 1.09 bits per heavy atom. The first kappa shape index (κ1) is 17.8. The zero-order valence-electron chi connectivity index (χ0n) is 14.1. The smallest absolute Gasteiger partial charge is 0.222 e. The Labute approximate surface area is 139 Å². The van der Waals surface area contributed by atoms with Gasteiger partial charge in [0, 0.05) is 32.6 Å². The van der Waals surface area contributed by atoms with Gasteiger partial charge < -0.3 is 20.3 Å². The molecule has 0 radical (unpaired) electrons. The molecular weight excluding hydrogens is 290 g/mol. The highest BCUT2D eigenvalue weighted by Crippen LogP contribution is 2.11. The van der Waals surface area contributed by atoms with Crippen LogP contribution in [0.4, 0.5) is 0 Å². The molecule has 0 saturated carbocycles. The fourth-order valence-corrected chi connectivity index (χ4v) is 2.79. The van der Waals surface area contributed by atoms with Crippen molar-refractivity contribution in [2.75, 3.05) is 46.4 Å². The number of hydrogen-bond donors (Lipinski definition) is 2. The van der Waals surface area contributed by atoms with Crippen molar-refractivity contribution in [1.29, 1.82) is 0 Å². The fraction of sp³-hybridized carbons (Fsp3) is 0.611. The number of carbonyl (C=O) groups is 1. The molecule has 1 aromatic rings. The first-order valence-corrected chi connectivity index (χ1v) is 8.62. The molecule has 1 aliphatic heterocycles. The largest absolute Gasteiger partial charge is 0.497 e. The summed E-state index contributed by atoms with van der Waals surface area (Å²) >= 11 is 0. The van der Waals surface area contributed by atoms with Crippen LogP contribution in [0.5, 0.6) is 5.75 Å². The molecule has 0 atom stereocenters. The summed E-state index contributed by atoms with van der Waals surface area (Å²) in [6.07, 6.45) is 3.84. The van der Waals surface area contributed by atoms with Crippen LogP contribution >= 0.6 is 0 Å². The average Bonchev–Trinajstić information content (AvgIpc) is 2.99. The molecule has 0 bridgehead atoms. The molecule has 0 unspecified atom stereocenters. The van der Waals surface area contributed by atoms with Crippen molar-refractivity contribution in [3.05, 3.63) is 29.8 Å². The van der Waals surface area contributed by atoms with Gasteiger partial charge in [0.25, 0.3) is 0 Å². The van der Waals surface area contributed by atoms with Crippen LogP contribution in [0.1, 0.15) is 24.8 Å². The van der Waals surface area contributed by atoms with E-state index in [0.29, 0.717) is 5.91 Å². The van der Waals surface area contributed by atoms with Gasteiger partial charge in [-0.2, -0.15) is 0 Å². The summed E-state index contributed by atoms with van der Waals surface area (Å²) in [5.74, 6) is 1.23. The average molecular weight is 319 g/mol. The number of nitrogens with one attached hydrogen (secondary N) is 2. The van der Waals surface area contributed by atoms with Crippen LogP contribution in [0.2, 0.25) is 0 Å². The zero-order chi connectivity index (χ0) is 16.3. The van der Waals surface area contributed by atoms with E-state index in [1.807, 2.05) is 17.0 Å². The van der Waals surface area contributed by atoms with Crippen molar-refractivity contribution in [3.8, 4) is 5.75 Å². The third-order valence-corrected chi connectivity index (χ3v) is 4.18. The third-order valence-electron chi connectivity index (χ3n) is 4.18. The maximum absolute atomic E-state index is 11.5. The lowest BCUT2D eigenvalue weighted by Gasteiger charge is -2.15. The monoisotopic (exact) mass is 319 g/mol. The topological polar surface area (TPSA) is 53.6 Å². The molecule has 1 fully saturated rings. The van der Waals surface area contributed by atoms with E-state index in [4.69, 9.17) is 4.74 Å². The predicted molar refractivity (Wildman–Crippen MR) is 92.9 cm³/mol. The minimum absolute atomic E-state index is 0.324. The van der Waals surface area contributed by atoms with Gasteiger partial charge >= 0.3 is 0 Å². The standard InChI is InChI=1S/C18H29N3O2/c1-23-17-7-5-16(6-8-17)9-11-20-13-12-19-10-3-15-21-14-2-4-18(21)22/h5-8,19-20H,2-4,9-15H2,1H3. The van der Waals surface area contributed by atoms with Gasteiger partial charge in [0.1, 0.15) is 5.75 Å². The van der Waals surface area contributed by atoms with Crippen LogP contribution < -0.4 is 15.4 Å². The minimum Gasteiger partial charge on any atom is -0.497 e. The predicted octanol–water partition coefficient (Wildman–Crippen LogP) is 1.43. The second kappa shape index (κ2) is 10.2. The molecule has 128 valence electrons. The van der Waals surface area contributed by atoms with E-state index in [9.17, 15) is 4.79 Å². The van der Waals surface area contributed by atoms with Gasteiger partial charge in [-0.15, -0.1) is 0 Å². The highest BCUT2D eigenvalue weighted by atomic mass is 16.5. The van der Waals surface area contributed by atoms with Crippen molar-refractivity contribution in [2.24, 2.45) is 0 Å². The lowest BCUT2D eigenvalue weighted by atomic mass is 10.1. The molecule has 2 N–H and O–H groups in total. The van der Waals surface area contributed by atoms with E-state index in [1.165, 1.54) is 5.56 Å². The molecule has 1 amide bonds. The molecule has 1 saturated heterocycles. The molecule has 1 aliphatic rings. The van der Waals surface area contributed by atoms with Crippen LogP contribution in [0.15, 0.2) is 24.3 Å². The van der Waals surface area contributed by atoms with Gasteiger partial charge in [-0.1, -0.05) is 12.1 Å². The third kappa shape index (κ3) is 6.59. The van der Waals surface area contributed by atoms with Crippen LogP contribution in [-0.2, 0) is 11.2 Å². The lowest BCUT2D eigenvalue weighted by Crippen LogP contribution is -2.32. The molecule has 23 heavy (non-hydrogen) atoms. The zero-order valence-corrected chi connectivity index (χ0v) is 14.1. The Morgan fingerprint density at radius 2 is 1.83 bits per heavy atom. The van der Waals surface area contributed by atoms with Crippen molar-refractivity contribution < 1.29 is 9.53 Å². The summed E-state index contributed by atoms with van der Waals surface area (Å²) in [6.45, 7) is 5.75. The van der Waals surface area contributed by atoms with Gasteiger partial charge in [0.05, 0.1) is 7.11 Å². The Morgan fingerprint density at radius 3 is 2.48 bits per heavy atom. The fourth-order valence-electron chi connectivity index (χ4n) is 2.79. The second-order valence-electron chi connectivity index (χ2n) is 5.94. The first-order valence-electron chi connectivity index (χ1n) is 8.62. The van der Waals surface area contributed by atoms with Crippen LogP contribution in [0, 0.1) is 0 Å². The summed E-state index contributed by atoms with van der Waals surface area (Å²) in [4.78, 5) is 13.4. The van der Waals surface area contributed by atoms with Crippen molar-refractivity contribution in [3.63, 3.8) is 0 Å². The highest BCUT2D eigenvalue weighted by molar-refractivity contribution is 5.77. The van der Waals surface area contributed by atoms with Crippen LogP contribution in [0.3, 0.4) is 0 Å². The number of hydrogen-bond acceptors (Lipinski definition) is 4. The minimum atomic E-state index is 0.324. The first-order chi connectivity index (χ1) is 11.3. The highest BCUT2D eigenvalue weighted by Gasteiger charge is 2.18. The maximum atomic E-state index is 11.5. The number of nitrogens with zero attached hydrogens (tertiary/aromatic N) is 1. The van der Waals surface area contributed by atoms with Crippen LogP contribution in [0.25, 0.3) is 0 Å². The normalized spacial score (nSPS) is 14.5. The quantitative estimate of drug-likeness (QED) is 0.606. The lowest BCUT2D eigenvalue weighted by molar-refractivity contribution is -0.127. The molecule has 0 spiro atoms. The summed E-state index contributed by atoms with van der Waals surface area (Å²) < 4.78 is 5.15. The van der Waals surface area contributed by atoms with Gasteiger partial charge in [-0.3, -0.25) is 4.79 Å². The Balaban J connectivity index is 1.41. The van der Waals surface area contributed by atoms with E-state index in [1.54, 1.807) is 7.11 Å². The number of carbonyl (C=O) groups excluding carboxylic acids is 1. The van der Waals surface area contributed by atoms with Crippen molar-refractivity contribution in [2.45, 2.75) is 25.7 Å². The number of methoxy groups -OCH3 is 1. The van der Waals surface area contributed by atoms with Gasteiger partial charge in [-0.05, 0) is 50.0 Å². The summed E-state index contributed by atoms with van der Waals surface area (Å²) in [6, 6.07) is 8.22. The number of rotatable bonds is 11. The molecule has 5 nitrogen and oxygen atoms in total. The van der Waals surface area contributed by atoms with Crippen molar-refractivity contribution in [1.82, 2.24) is 15.5 Å². The number of ether oxygens (including phenoxy) is 1. The Kier molecular flexibility index (Phi) is 7.90. The van der Waals surface area contributed by atoms with E-state index in [-0.39, 0.29) is 0 Å². The van der Waals surface area contributed by atoms with E-state index in [0.717, 1.165) is 70.7 Å².